The summed E-state index contributed by atoms with van der Waals surface area (Å²) in [6.45, 7) is 0. The molecule has 0 saturated heterocycles. The lowest BCUT2D eigenvalue weighted by atomic mass is 9.99. The van der Waals surface area contributed by atoms with Crippen LogP contribution < -0.4 is 0 Å². The zero-order valence-corrected chi connectivity index (χ0v) is 60.3. The normalized spacial score (nSPS) is 10.8. The molecule has 524 valence electrons. The first-order valence-corrected chi connectivity index (χ1v) is 36.6. The molecule has 0 bridgehead atoms. The molecule has 4 aromatic heterocycles. The van der Waals surface area contributed by atoms with Gasteiger partial charge in [-0.1, -0.05) is 334 Å². The maximum absolute atomic E-state index is 9.41. The van der Waals surface area contributed by atoms with Crippen molar-refractivity contribution < 1.29 is 0 Å². The number of hydrogen-bond acceptors (Lipinski definition) is 12. The third kappa shape index (κ3) is 15.7. The highest BCUT2D eigenvalue weighted by molar-refractivity contribution is 5.81. The van der Waals surface area contributed by atoms with Gasteiger partial charge in [0.1, 0.15) is 0 Å². The second kappa shape index (κ2) is 32.1. The average molecular weight is 1430 g/mol. The van der Waals surface area contributed by atoms with E-state index in [0.717, 1.165) is 134 Å². The molecule has 0 N–H and O–H groups in total. The lowest BCUT2D eigenvalue weighted by Gasteiger charge is -2.12. The summed E-state index contributed by atoms with van der Waals surface area (Å²) in [6.07, 6.45) is 0. The van der Waals surface area contributed by atoms with Crippen LogP contribution in [-0.4, -0.2) is 49.8 Å². The van der Waals surface area contributed by atoms with Crippen molar-refractivity contribution in [1.82, 2.24) is 49.8 Å². The number of nitrogens with zero attached hydrogens (tertiary/aromatic N) is 12. The van der Waals surface area contributed by atoms with Crippen LogP contribution in [-0.2, 0) is 0 Å². The molecule has 0 spiro atoms. The van der Waals surface area contributed by atoms with Crippen molar-refractivity contribution in [1.29, 1.82) is 10.5 Å². The molecule has 18 rings (SSSR count). The highest BCUT2D eigenvalue weighted by Crippen LogP contribution is 2.37. The van der Waals surface area contributed by atoms with Gasteiger partial charge in [0.2, 0.25) is 0 Å². The van der Waals surface area contributed by atoms with E-state index in [1.807, 2.05) is 255 Å². The molecule has 0 amide bonds. The van der Waals surface area contributed by atoms with E-state index in [2.05, 4.69) is 146 Å². The standard InChI is InChI=1S/2C50H32N6/c51-33-34-22-24-37(25-23-34)45-32-46(53-49(52-45)43-20-10-18-41(30-43)35-12-4-1-5-13-35)38-28-26-36(27-29-38)42-19-11-21-44(31-42)50-55-47(39-14-6-2-7-15-39)54-48(56-50)40-16-8-3-9-17-40;51-33-34-19-21-38(22-20-34)45-32-46(53-47(52-45)42-29-25-36(26-30-42)35-11-4-1-5-12-35)39-27-23-37(24-28-39)43-17-10-18-44(31-43)50-55-48(40-13-6-2-7-14-40)54-49(56-50)41-15-8-3-9-16-41/h2*1-32H. The van der Waals surface area contributed by atoms with Crippen molar-refractivity contribution in [2.45, 2.75) is 0 Å². The number of rotatable bonds is 16. The lowest BCUT2D eigenvalue weighted by molar-refractivity contribution is 1.07. The molecule has 0 aliphatic rings. The van der Waals surface area contributed by atoms with E-state index in [-0.39, 0.29) is 0 Å². The van der Waals surface area contributed by atoms with Crippen LogP contribution in [0.3, 0.4) is 0 Å². The summed E-state index contributed by atoms with van der Waals surface area (Å²) >= 11 is 0. The van der Waals surface area contributed by atoms with Crippen LogP contribution in [0.5, 0.6) is 0 Å². The van der Waals surface area contributed by atoms with Gasteiger partial charge >= 0.3 is 0 Å². The van der Waals surface area contributed by atoms with Crippen molar-refractivity contribution in [2.75, 3.05) is 0 Å². The molecule has 0 aliphatic carbocycles. The molecule has 0 fully saturated rings. The molecule has 12 heteroatoms. The van der Waals surface area contributed by atoms with Crippen molar-refractivity contribution in [3.05, 3.63) is 399 Å². The Morgan fingerprint density at radius 1 is 0.134 bits per heavy atom. The van der Waals surface area contributed by atoms with Crippen LogP contribution in [0.1, 0.15) is 11.1 Å². The van der Waals surface area contributed by atoms with Crippen LogP contribution in [0.25, 0.3) is 181 Å². The van der Waals surface area contributed by atoms with Crippen LogP contribution in [0.4, 0.5) is 0 Å². The Labute approximate surface area is 648 Å². The monoisotopic (exact) mass is 1430 g/mol. The van der Waals surface area contributed by atoms with Gasteiger partial charge in [-0.25, -0.2) is 49.8 Å². The quantitative estimate of drug-likeness (QED) is 0.0896. The van der Waals surface area contributed by atoms with Gasteiger partial charge in [-0.3, -0.25) is 0 Å². The molecule has 0 aliphatic heterocycles. The third-order valence-electron chi connectivity index (χ3n) is 19.2. The van der Waals surface area contributed by atoms with Crippen LogP contribution >= 0.6 is 0 Å². The maximum atomic E-state index is 9.41. The first-order valence-electron chi connectivity index (χ1n) is 36.6. The molecule has 4 heterocycles. The second-order valence-electron chi connectivity index (χ2n) is 26.6. The van der Waals surface area contributed by atoms with Gasteiger partial charge in [-0.15, -0.1) is 0 Å². The van der Waals surface area contributed by atoms with Gasteiger partial charge in [0.05, 0.1) is 46.0 Å². The van der Waals surface area contributed by atoms with E-state index < -0.39 is 0 Å². The topological polar surface area (TPSA) is 176 Å². The Bertz CT molecular complexity index is 6330. The largest absolute Gasteiger partial charge is 0.228 e. The Morgan fingerprint density at radius 3 is 0.580 bits per heavy atom. The van der Waals surface area contributed by atoms with E-state index >= 15 is 0 Å². The molecule has 0 atom stereocenters. The van der Waals surface area contributed by atoms with Crippen molar-refractivity contribution >= 4 is 0 Å². The minimum Gasteiger partial charge on any atom is -0.228 e. The first-order chi connectivity index (χ1) is 55.3. The highest BCUT2D eigenvalue weighted by Gasteiger charge is 2.19. The van der Waals surface area contributed by atoms with Gasteiger partial charge in [-0.05, 0) is 99.1 Å². The average Bonchev–Trinajstić information content (AvgIpc) is 0.805. The molecule has 112 heavy (non-hydrogen) atoms. The zero-order valence-electron chi connectivity index (χ0n) is 60.3. The van der Waals surface area contributed by atoms with Crippen LogP contribution in [0.2, 0.25) is 0 Å². The molecule has 0 saturated carbocycles. The summed E-state index contributed by atoms with van der Waals surface area (Å²) in [6, 6.07) is 134. The summed E-state index contributed by atoms with van der Waals surface area (Å²) < 4.78 is 0. The summed E-state index contributed by atoms with van der Waals surface area (Å²) in [5.41, 5.74) is 24.1. The van der Waals surface area contributed by atoms with E-state index in [0.29, 0.717) is 57.7 Å². The van der Waals surface area contributed by atoms with Gasteiger partial charge in [-0.2, -0.15) is 10.5 Å². The third-order valence-corrected chi connectivity index (χ3v) is 19.2. The summed E-state index contributed by atoms with van der Waals surface area (Å²) in [4.78, 5) is 49.6. The van der Waals surface area contributed by atoms with Crippen molar-refractivity contribution in [3.8, 4) is 193 Å². The molecular formula is C100H64N12. The molecule has 18 aromatic rings. The molecule has 14 aromatic carbocycles. The molecule has 0 unspecified atom stereocenters. The Balaban J connectivity index is 0.000000163. The second-order valence-corrected chi connectivity index (χ2v) is 26.6. The van der Waals surface area contributed by atoms with Crippen molar-refractivity contribution in [3.63, 3.8) is 0 Å². The van der Waals surface area contributed by atoms with Crippen molar-refractivity contribution in [2.24, 2.45) is 0 Å². The highest BCUT2D eigenvalue weighted by atomic mass is 15.0. The Hall–Kier alpha value is -15.8. The van der Waals surface area contributed by atoms with Gasteiger partial charge < -0.3 is 0 Å². The number of hydrogen-bond donors (Lipinski definition) is 0. The SMILES string of the molecule is N#Cc1ccc(-c2cc(-c3ccc(-c4cccc(-c5nc(-c6ccccc6)nc(-c6ccccc6)n5)c4)cc3)nc(-c3ccc(-c4ccccc4)cc3)n2)cc1.N#Cc1ccc(-c2cc(-c3ccc(-c4cccc(-c5nc(-c6ccccc6)nc(-c6ccccc6)n5)c4)cc3)nc(-c3cccc(-c4ccccc4)c3)n2)cc1. The summed E-state index contributed by atoms with van der Waals surface area (Å²) in [7, 11) is 0. The van der Waals surface area contributed by atoms with Crippen LogP contribution in [0.15, 0.2) is 388 Å². The minimum atomic E-state index is 0.599. The Kier molecular flexibility index (Phi) is 19.9. The molecular weight excluding hydrogens is 1370 g/mol. The fourth-order valence-electron chi connectivity index (χ4n) is 13.3. The van der Waals surface area contributed by atoms with E-state index in [4.69, 9.17) is 49.8 Å². The smallest absolute Gasteiger partial charge is 0.164 e. The minimum absolute atomic E-state index is 0.599. The molecule has 12 nitrogen and oxygen atoms in total. The first kappa shape index (κ1) is 69.3. The number of aromatic nitrogens is 10. The maximum Gasteiger partial charge on any atom is 0.164 e. The van der Waals surface area contributed by atoms with E-state index in [9.17, 15) is 10.5 Å². The number of nitriles is 2. The van der Waals surface area contributed by atoms with Gasteiger partial charge in [0, 0.05) is 66.8 Å². The van der Waals surface area contributed by atoms with Crippen LogP contribution in [0, 0.1) is 22.7 Å². The van der Waals surface area contributed by atoms with Gasteiger partial charge in [0.25, 0.3) is 0 Å². The number of benzene rings is 14. The lowest BCUT2D eigenvalue weighted by Crippen LogP contribution is -2.00. The molecule has 0 radical (unpaired) electrons. The predicted octanol–water partition coefficient (Wildman–Crippen LogP) is 23.7. The van der Waals surface area contributed by atoms with Gasteiger partial charge in [0.15, 0.2) is 46.6 Å². The van der Waals surface area contributed by atoms with E-state index in [1.54, 1.807) is 0 Å². The van der Waals surface area contributed by atoms with E-state index in [1.165, 1.54) is 0 Å². The Morgan fingerprint density at radius 2 is 0.304 bits per heavy atom. The fraction of sp³-hybridized carbons (Fsp3) is 0. The summed E-state index contributed by atoms with van der Waals surface area (Å²) in [5.74, 6) is 4.97. The fourth-order valence-corrected chi connectivity index (χ4v) is 13.3. The summed E-state index contributed by atoms with van der Waals surface area (Å²) in [5, 5.41) is 18.8. The predicted molar refractivity (Wildman–Crippen MR) is 447 cm³/mol. The zero-order chi connectivity index (χ0) is 75.4.